The summed E-state index contributed by atoms with van der Waals surface area (Å²) < 4.78 is 1.93. The van der Waals surface area contributed by atoms with Crippen LogP contribution in [0.2, 0.25) is 0 Å². The normalized spacial score (nSPS) is 11.4. The van der Waals surface area contributed by atoms with E-state index >= 15 is 0 Å². The minimum Gasteiger partial charge on any atom is -0.389 e. The number of unbranched alkanes of at least 4 members (excludes halogenated alkanes) is 4. The number of hydrogen-bond donors (Lipinski definition) is 2. The van der Waals surface area contributed by atoms with Gasteiger partial charge in [0.1, 0.15) is 11.4 Å². The second-order valence-corrected chi connectivity index (χ2v) is 6.84. The molecule has 0 radical (unpaired) electrons. The van der Waals surface area contributed by atoms with Crippen LogP contribution >= 0.6 is 0 Å². The van der Waals surface area contributed by atoms with E-state index in [0.29, 0.717) is 5.70 Å². The quantitative estimate of drug-likeness (QED) is 0.340. The third-order valence-corrected chi connectivity index (χ3v) is 4.63. The Morgan fingerprint density at radius 3 is 2.66 bits per heavy atom. The van der Waals surface area contributed by atoms with E-state index in [0.717, 1.165) is 42.8 Å². The summed E-state index contributed by atoms with van der Waals surface area (Å²) >= 11 is 0. The van der Waals surface area contributed by atoms with Crippen LogP contribution in [0, 0.1) is 5.53 Å². The molecular weight excluding hydrogens is 362 g/mol. The van der Waals surface area contributed by atoms with Gasteiger partial charge in [-0.25, -0.2) is 5.53 Å². The lowest BCUT2D eigenvalue weighted by Gasteiger charge is -2.04. The molecule has 2 N–H and O–H groups in total. The summed E-state index contributed by atoms with van der Waals surface area (Å²) in [4.78, 5) is 4.06. The molecule has 0 unspecified atom stereocenters. The molecule has 7 nitrogen and oxygen atoms in total. The summed E-state index contributed by atoms with van der Waals surface area (Å²) in [5, 5.41) is 15.3. The van der Waals surface area contributed by atoms with Gasteiger partial charge in [-0.3, -0.25) is 9.67 Å². The Balaban J connectivity index is 1.27. The van der Waals surface area contributed by atoms with Crippen molar-refractivity contribution in [2.24, 2.45) is 5.11 Å². The van der Waals surface area contributed by atoms with Crippen LogP contribution in [0.3, 0.4) is 0 Å². The summed E-state index contributed by atoms with van der Waals surface area (Å²) in [5.74, 6) is 0. The van der Waals surface area contributed by atoms with Gasteiger partial charge in [-0.2, -0.15) is 5.11 Å². The van der Waals surface area contributed by atoms with Crippen LogP contribution in [0.4, 0.5) is 0 Å². The Morgan fingerprint density at radius 2 is 1.86 bits per heavy atom. The van der Waals surface area contributed by atoms with Crippen LogP contribution in [0.5, 0.6) is 0 Å². The average molecular weight is 390 g/mol. The van der Waals surface area contributed by atoms with Gasteiger partial charge in [0.2, 0.25) is 0 Å². The molecule has 1 aromatic carbocycles. The number of rotatable bonds is 12. The van der Waals surface area contributed by atoms with E-state index in [1.165, 1.54) is 19.3 Å². The Morgan fingerprint density at radius 1 is 1.03 bits per heavy atom. The van der Waals surface area contributed by atoms with Crippen molar-refractivity contribution in [3.63, 3.8) is 0 Å². The van der Waals surface area contributed by atoms with E-state index < -0.39 is 0 Å². The molecule has 29 heavy (non-hydrogen) atoms. The molecule has 0 aliphatic heterocycles. The van der Waals surface area contributed by atoms with Crippen LogP contribution in [0.15, 0.2) is 72.4 Å². The zero-order chi connectivity index (χ0) is 20.2. The molecule has 2 aromatic heterocycles. The third kappa shape index (κ3) is 6.64. The monoisotopic (exact) mass is 389 g/mol. The van der Waals surface area contributed by atoms with Crippen LogP contribution in [0.25, 0.3) is 17.0 Å². The standard InChI is InChI=1S/C22H27N7/c23-26-21(20-12-9-14-24-16-20)17-25-13-7-2-1-3-8-15-29-18-22(27-28-29)19-10-5-4-6-11-19/h4-6,9-12,14,16-18,23,25H,1-3,7-8,13,15H2/b21-17-,26-23?. The first-order valence-electron chi connectivity index (χ1n) is 10.0. The molecular formula is C22H27N7. The zero-order valence-electron chi connectivity index (χ0n) is 16.5. The molecule has 0 aliphatic carbocycles. The molecule has 150 valence electrons. The van der Waals surface area contributed by atoms with Crippen molar-refractivity contribution < 1.29 is 0 Å². The first-order valence-corrected chi connectivity index (χ1v) is 10.0. The number of hydrogen-bond acceptors (Lipinski definition) is 6. The molecule has 0 bridgehead atoms. The first-order chi connectivity index (χ1) is 14.4. The average Bonchev–Trinajstić information content (AvgIpc) is 3.25. The largest absolute Gasteiger partial charge is 0.389 e. The Labute approximate surface area is 171 Å². The molecule has 0 amide bonds. The summed E-state index contributed by atoms with van der Waals surface area (Å²) in [6.07, 6.45) is 13.0. The fourth-order valence-corrected chi connectivity index (χ4v) is 3.04. The molecule has 0 saturated heterocycles. The van der Waals surface area contributed by atoms with Gasteiger partial charge in [-0.1, -0.05) is 54.8 Å². The highest BCUT2D eigenvalue weighted by Gasteiger charge is 2.03. The molecule has 0 aliphatic rings. The number of pyridine rings is 1. The SMILES string of the molecule is N=N/C(=C\NCCCCCCCn1cc(-c2ccccc2)nn1)c1cccnc1. The maximum Gasteiger partial charge on any atom is 0.113 e. The molecule has 3 rings (SSSR count). The first kappa shape index (κ1) is 20.4. The van der Waals surface area contributed by atoms with Crippen molar-refractivity contribution in [2.45, 2.75) is 38.6 Å². The predicted octanol–water partition coefficient (Wildman–Crippen LogP) is 4.91. The fourth-order valence-electron chi connectivity index (χ4n) is 3.04. The minimum absolute atomic E-state index is 0.598. The topological polar surface area (TPSA) is 91.8 Å². The maximum atomic E-state index is 7.29. The molecule has 3 aromatic rings. The van der Waals surface area contributed by atoms with Crippen LogP contribution in [-0.4, -0.2) is 26.5 Å². The van der Waals surface area contributed by atoms with Gasteiger partial charge in [-0.05, 0) is 25.0 Å². The van der Waals surface area contributed by atoms with Crippen molar-refractivity contribution in [3.8, 4) is 11.3 Å². The van der Waals surface area contributed by atoms with E-state index in [4.69, 9.17) is 5.53 Å². The van der Waals surface area contributed by atoms with Crippen LogP contribution in [0.1, 0.15) is 37.7 Å². The van der Waals surface area contributed by atoms with E-state index in [2.05, 4.69) is 37.9 Å². The van der Waals surface area contributed by atoms with Gasteiger partial charge in [0.15, 0.2) is 0 Å². The van der Waals surface area contributed by atoms with Crippen molar-refractivity contribution in [1.29, 1.82) is 5.53 Å². The second kappa shape index (κ2) is 11.5. The summed E-state index contributed by atoms with van der Waals surface area (Å²) in [7, 11) is 0. The van der Waals surface area contributed by atoms with Gasteiger partial charge in [0.25, 0.3) is 0 Å². The molecule has 2 heterocycles. The molecule has 0 spiro atoms. The summed E-state index contributed by atoms with van der Waals surface area (Å²) in [6, 6.07) is 13.9. The van der Waals surface area contributed by atoms with Gasteiger partial charge < -0.3 is 5.32 Å². The van der Waals surface area contributed by atoms with Crippen molar-refractivity contribution in [1.82, 2.24) is 25.3 Å². The maximum absolute atomic E-state index is 7.29. The highest BCUT2D eigenvalue weighted by molar-refractivity contribution is 5.62. The van der Waals surface area contributed by atoms with Gasteiger partial charge in [0, 0.05) is 42.8 Å². The van der Waals surface area contributed by atoms with E-state index in [1.807, 2.05) is 41.2 Å². The van der Waals surface area contributed by atoms with E-state index in [1.54, 1.807) is 18.6 Å². The number of nitrogens with one attached hydrogen (secondary N) is 2. The lowest BCUT2D eigenvalue weighted by molar-refractivity contribution is 0.516. The number of nitrogens with zero attached hydrogens (tertiary/aromatic N) is 5. The third-order valence-electron chi connectivity index (χ3n) is 4.63. The number of aryl methyl sites for hydroxylation is 1. The Hall–Kier alpha value is -3.35. The van der Waals surface area contributed by atoms with Crippen molar-refractivity contribution in [2.75, 3.05) is 6.54 Å². The Bertz CT molecular complexity index is 888. The lowest BCUT2D eigenvalue weighted by atomic mass is 10.1. The molecule has 0 atom stereocenters. The Kier molecular flexibility index (Phi) is 8.07. The molecule has 0 fully saturated rings. The smallest absolute Gasteiger partial charge is 0.113 e. The highest BCUT2D eigenvalue weighted by atomic mass is 15.4. The number of aromatic nitrogens is 4. The summed E-state index contributed by atoms with van der Waals surface area (Å²) in [5.41, 5.74) is 10.8. The minimum atomic E-state index is 0.598. The highest BCUT2D eigenvalue weighted by Crippen LogP contribution is 2.15. The molecule has 7 heteroatoms. The summed E-state index contributed by atoms with van der Waals surface area (Å²) in [6.45, 7) is 1.78. The van der Waals surface area contributed by atoms with Crippen molar-refractivity contribution in [3.05, 3.63) is 72.8 Å². The molecule has 0 saturated carbocycles. The van der Waals surface area contributed by atoms with E-state index in [-0.39, 0.29) is 0 Å². The van der Waals surface area contributed by atoms with Gasteiger partial charge >= 0.3 is 0 Å². The zero-order valence-corrected chi connectivity index (χ0v) is 16.5. The fraction of sp³-hybridized carbons (Fsp3) is 0.318. The van der Waals surface area contributed by atoms with E-state index in [9.17, 15) is 0 Å². The number of benzene rings is 1. The van der Waals surface area contributed by atoms with Crippen LogP contribution in [-0.2, 0) is 6.54 Å². The van der Waals surface area contributed by atoms with Gasteiger partial charge in [-0.15, -0.1) is 5.10 Å². The lowest BCUT2D eigenvalue weighted by Crippen LogP contribution is -2.07. The predicted molar refractivity (Wildman–Crippen MR) is 114 cm³/mol. The van der Waals surface area contributed by atoms with Crippen LogP contribution < -0.4 is 5.32 Å². The van der Waals surface area contributed by atoms with Crippen molar-refractivity contribution >= 4 is 5.70 Å². The van der Waals surface area contributed by atoms with Gasteiger partial charge in [0.05, 0.1) is 6.20 Å². The second-order valence-electron chi connectivity index (χ2n) is 6.84.